The van der Waals surface area contributed by atoms with Crippen LogP contribution >= 0.6 is 11.6 Å². The van der Waals surface area contributed by atoms with E-state index in [9.17, 15) is 32.6 Å². The Hall–Kier alpha value is -2.69. The largest absolute Gasteiger partial charge is 0.478 e. The molecule has 0 bridgehead atoms. The highest BCUT2D eigenvalue weighted by molar-refractivity contribution is 7.93. The van der Waals surface area contributed by atoms with Gasteiger partial charge in [0.15, 0.2) is 5.78 Å². The summed E-state index contributed by atoms with van der Waals surface area (Å²) >= 11 is 6.09. The molecule has 1 fully saturated rings. The Morgan fingerprint density at radius 3 is 2.61 bits per heavy atom. The summed E-state index contributed by atoms with van der Waals surface area (Å²) in [6, 6.07) is 2.24. The van der Waals surface area contributed by atoms with Crippen molar-refractivity contribution in [1.29, 1.82) is 0 Å². The standard InChI is InChI=1S/C25H28ClFN2O6S/c1-14(2)22(13-30)28-12-18(25(32)33)7-15-6-16(23(31)11-21(15)28)8-17-9-19(10-20(26)24(17)27)29-4-3-5-36(29,34)35/h6,9-12,14-15,22,30H,3-5,7-8,13H2,1-2H3,(H,32,33)/t15?,22-/m1/s1. The van der Waals surface area contributed by atoms with Crippen LogP contribution in [0.25, 0.3) is 0 Å². The number of carbonyl (C=O) groups excluding carboxylic acids is 1. The number of allylic oxidation sites excluding steroid dienone is 3. The minimum Gasteiger partial charge on any atom is -0.478 e. The molecule has 36 heavy (non-hydrogen) atoms. The Kier molecular flexibility index (Phi) is 7.32. The second-order valence-corrected chi connectivity index (χ2v) is 12.0. The predicted octanol–water partition coefficient (Wildman–Crippen LogP) is 3.26. The van der Waals surface area contributed by atoms with Gasteiger partial charge in [-0.1, -0.05) is 31.5 Å². The highest BCUT2D eigenvalue weighted by Gasteiger charge is 2.36. The highest BCUT2D eigenvalue weighted by atomic mass is 35.5. The quantitative estimate of drug-likeness (QED) is 0.547. The molecule has 2 N–H and O–H groups in total. The van der Waals surface area contributed by atoms with Gasteiger partial charge in [-0.15, -0.1) is 0 Å². The number of benzene rings is 1. The SMILES string of the molecule is CC(C)[C@@H](CO)N1C=C(C(=O)O)CC2C=C(Cc3cc(N4CCCS4(=O)=O)cc(Cl)c3F)C(=O)C=C21. The third-order valence-electron chi connectivity index (χ3n) is 6.86. The first-order valence-electron chi connectivity index (χ1n) is 11.7. The minimum atomic E-state index is -3.51. The lowest BCUT2D eigenvalue weighted by atomic mass is 9.82. The maximum absolute atomic E-state index is 15.0. The van der Waals surface area contributed by atoms with Gasteiger partial charge in [-0.05, 0) is 36.5 Å². The number of carboxylic acid groups (broad SMARTS) is 1. The fourth-order valence-corrected chi connectivity index (χ4v) is 6.72. The zero-order chi connectivity index (χ0) is 26.4. The molecule has 0 saturated carbocycles. The number of hydrogen-bond acceptors (Lipinski definition) is 6. The molecule has 8 nitrogen and oxygen atoms in total. The van der Waals surface area contributed by atoms with Crippen molar-refractivity contribution in [1.82, 2.24) is 4.90 Å². The van der Waals surface area contributed by atoms with Crippen LogP contribution in [0.5, 0.6) is 0 Å². The molecule has 11 heteroatoms. The topological polar surface area (TPSA) is 115 Å². The van der Waals surface area contributed by atoms with Crippen molar-refractivity contribution in [3.05, 3.63) is 63.7 Å². The molecule has 1 aromatic rings. The van der Waals surface area contributed by atoms with Crippen LogP contribution in [-0.2, 0) is 26.0 Å². The third-order valence-corrected chi connectivity index (χ3v) is 9.00. The summed E-state index contributed by atoms with van der Waals surface area (Å²) in [7, 11) is -3.51. The lowest BCUT2D eigenvalue weighted by molar-refractivity contribution is -0.133. The Morgan fingerprint density at radius 1 is 1.31 bits per heavy atom. The van der Waals surface area contributed by atoms with E-state index < -0.39 is 33.8 Å². The van der Waals surface area contributed by atoms with Crippen molar-refractivity contribution in [2.75, 3.05) is 23.2 Å². The van der Waals surface area contributed by atoms with Crippen LogP contribution < -0.4 is 4.31 Å². The maximum atomic E-state index is 15.0. The number of aliphatic carboxylic acids is 1. The van der Waals surface area contributed by atoms with Crippen molar-refractivity contribution in [2.45, 2.75) is 39.2 Å². The van der Waals surface area contributed by atoms with Crippen molar-refractivity contribution in [3.63, 3.8) is 0 Å². The van der Waals surface area contributed by atoms with Crippen molar-refractivity contribution < 1.29 is 32.6 Å². The van der Waals surface area contributed by atoms with E-state index in [0.29, 0.717) is 12.1 Å². The van der Waals surface area contributed by atoms with Crippen LogP contribution in [0.3, 0.4) is 0 Å². The average molecular weight is 539 g/mol. The van der Waals surface area contributed by atoms with Crippen LogP contribution in [0.2, 0.25) is 5.02 Å². The van der Waals surface area contributed by atoms with E-state index in [4.69, 9.17) is 11.6 Å². The number of fused-ring (bicyclic) bond motifs is 1. The number of ketones is 1. The zero-order valence-corrected chi connectivity index (χ0v) is 21.5. The highest BCUT2D eigenvalue weighted by Crippen LogP contribution is 2.38. The number of sulfonamides is 1. The number of rotatable bonds is 7. The van der Waals surface area contributed by atoms with Gasteiger partial charge < -0.3 is 15.1 Å². The smallest absolute Gasteiger partial charge is 0.333 e. The van der Waals surface area contributed by atoms with Crippen LogP contribution in [0.1, 0.15) is 32.3 Å². The Bertz CT molecular complexity index is 1300. The van der Waals surface area contributed by atoms with Crippen molar-refractivity contribution >= 4 is 39.1 Å². The molecule has 2 aliphatic heterocycles. The Labute approximate surface area is 214 Å². The Morgan fingerprint density at radius 2 is 2.03 bits per heavy atom. The number of carboxylic acids is 1. The van der Waals surface area contributed by atoms with Crippen LogP contribution in [-0.4, -0.2) is 60.2 Å². The molecule has 0 amide bonds. The van der Waals surface area contributed by atoms with Gasteiger partial charge in [-0.25, -0.2) is 17.6 Å². The monoisotopic (exact) mass is 538 g/mol. The van der Waals surface area contributed by atoms with Gasteiger partial charge in [0.05, 0.1) is 34.7 Å². The molecule has 1 saturated heterocycles. The van der Waals surface area contributed by atoms with Gasteiger partial charge >= 0.3 is 5.97 Å². The summed E-state index contributed by atoms with van der Waals surface area (Å²) in [6.07, 6.45) is 4.98. The van der Waals surface area contributed by atoms with E-state index in [1.54, 1.807) is 11.0 Å². The normalized spacial score (nSPS) is 22.2. The Balaban J connectivity index is 1.69. The maximum Gasteiger partial charge on any atom is 0.333 e. The first-order chi connectivity index (χ1) is 16.9. The second kappa shape index (κ2) is 9.99. The van der Waals surface area contributed by atoms with E-state index in [2.05, 4.69) is 0 Å². The summed E-state index contributed by atoms with van der Waals surface area (Å²) in [5, 5.41) is 19.3. The molecule has 3 aliphatic rings. The molecule has 2 atom stereocenters. The zero-order valence-electron chi connectivity index (χ0n) is 19.9. The lowest BCUT2D eigenvalue weighted by Crippen LogP contribution is -2.43. The summed E-state index contributed by atoms with van der Waals surface area (Å²) in [4.78, 5) is 26.6. The minimum absolute atomic E-state index is 0.00262. The van der Waals surface area contributed by atoms with E-state index in [1.165, 1.54) is 28.7 Å². The first kappa shape index (κ1) is 26.4. The number of carbonyl (C=O) groups is 2. The molecule has 2 heterocycles. The summed E-state index contributed by atoms with van der Waals surface area (Å²) < 4.78 is 40.9. The molecule has 1 unspecified atom stereocenters. The number of hydrogen-bond donors (Lipinski definition) is 2. The van der Waals surface area contributed by atoms with Crippen molar-refractivity contribution in [2.24, 2.45) is 11.8 Å². The number of aliphatic hydroxyl groups is 1. The van der Waals surface area contributed by atoms with Gasteiger partial charge in [0.25, 0.3) is 0 Å². The molecular formula is C25H28ClFN2O6S. The molecule has 194 valence electrons. The van der Waals surface area contributed by atoms with Crippen LogP contribution in [0, 0.1) is 17.7 Å². The van der Waals surface area contributed by atoms with Gasteiger partial charge in [-0.2, -0.15) is 0 Å². The van der Waals surface area contributed by atoms with E-state index in [-0.39, 0.29) is 70.9 Å². The van der Waals surface area contributed by atoms with Gasteiger partial charge in [0, 0.05) is 42.4 Å². The number of halogens is 2. The third kappa shape index (κ3) is 4.94. The summed E-state index contributed by atoms with van der Waals surface area (Å²) in [5.74, 6) is -2.68. The van der Waals surface area contributed by atoms with Crippen LogP contribution in [0.15, 0.2) is 47.3 Å². The molecule has 0 radical (unpaired) electrons. The fourth-order valence-electron chi connectivity index (χ4n) is 4.94. The molecule has 1 aromatic carbocycles. The van der Waals surface area contributed by atoms with Crippen molar-refractivity contribution in [3.8, 4) is 0 Å². The lowest BCUT2D eigenvalue weighted by Gasteiger charge is -2.41. The van der Waals surface area contributed by atoms with Gasteiger partial charge in [0.1, 0.15) is 5.82 Å². The molecule has 1 aliphatic carbocycles. The summed E-state index contributed by atoms with van der Waals surface area (Å²) in [5.41, 5.74) is 1.30. The predicted molar refractivity (Wildman–Crippen MR) is 133 cm³/mol. The van der Waals surface area contributed by atoms with Gasteiger partial charge in [-0.3, -0.25) is 9.10 Å². The number of nitrogens with zero attached hydrogens (tertiary/aromatic N) is 2. The summed E-state index contributed by atoms with van der Waals surface area (Å²) in [6.45, 7) is 3.82. The van der Waals surface area contributed by atoms with E-state index in [0.717, 1.165) is 0 Å². The molecule has 0 spiro atoms. The van der Waals surface area contributed by atoms with E-state index >= 15 is 0 Å². The number of aliphatic hydroxyl groups excluding tert-OH is 1. The van der Waals surface area contributed by atoms with E-state index in [1.807, 2.05) is 13.8 Å². The first-order valence-corrected chi connectivity index (χ1v) is 13.7. The fraction of sp³-hybridized carbons (Fsp3) is 0.440. The molecule has 4 rings (SSSR count). The molecular weight excluding hydrogens is 511 g/mol. The second-order valence-electron chi connectivity index (χ2n) is 9.62. The number of anilines is 1. The average Bonchev–Trinajstić information content (AvgIpc) is 3.16. The van der Waals surface area contributed by atoms with Crippen LogP contribution in [0.4, 0.5) is 10.1 Å². The van der Waals surface area contributed by atoms with Gasteiger partial charge in [0.2, 0.25) is 10.0 Å². The molecule has 0 aromatic heterocycles.